The normalized spacial score (nSPS) is 11.6. The zero-order valence-electron chi connectivity index (χ0n) is 20.7. The maximum Gasteiger partial charge on any atom is 0.261 e. The summed E-state index contributed by atoms with van der Waals surface area (Å²) in [6, 6.07) is 16.0. The zero-order chi connectivity index (χ0) is 26.7. The fourth-order valence-corrected chi connectivity index (χ4v) is 5.54. The van der Waals surface area contributed by atoms with Crippen LogP contribution in [0.4, 0.5) is 17.1 Å². The van der Waals surface area contributed by atoms with Crippen LogP contribution in [0, 0.1) is 20.8 Å². The van der Waals surface area contributed by atoms with Crippen molar-refractivity contribution >= 4 is 43.0 Å². The number of ether oxygens (including phenoxy) is 1. The van der Waals surface area contributed by atoms with Gasteiger partial charge in [-0.1, -0.05) is 23.8 Å². The molecule has 192 valence electrons. The van der Waals surface area contributed by atoms with E-state index in [1.165, 1.54) is 31.4 Å². The Hall–Kier alpha value is -3.57. The first kappa shape index (κ1) is 27.0. The molecule has 0 unspecified atom stereocenters. The fourth-order valence-electron chi connectivity index (χ4n) is 3.56. The molecule has 0 aromatic heterocycles. The van der Waals surface area contributed by atoms with Crippen LogP contribution in [0.3, 0.4) is 0 Å². The van der Waals surface area contributed by atoms with Crippen LogP contribution in [0.5, 0.6) is 5.75 Å². The number of benzene rings is 3. The minimum absolute atomic E-state index is 0.0164. The van der Waals surface area contributed by atoms with Crippen LogP contribution in [0.15, 0.2) is 65.6 Å². The van der Waals surface area contributed by atoms with Gasteiger partial charge in [-0.25, -0.2) is 16.8 Å². The highest BCUT2D eigenvalue weighted by atomic mass is 32.2. The van der Waals surface area contributed by atoms with Gasteiger partial charge in [0.1, 0.15) is 12.3 Å². The van der Waals surface area contributed by atoms with Crippen molar-refractivity contribution in [3.63, 3.8) is 0 Å². The molecule has 0 atom stereocenters. The molecule has 36 heavy (non-hydrogen) atoms. The Kier molecular flexibility index (Phi) is 7.95. The predicted molar refractivity (Wildman–Crippen MR) is 142 cm³/mol. The number of nitrogens with one attached hydrogen (secondary N) is 2. The molecule has 0 aliphatic heterocycles. The molecule has 3 aromatic carbocycles. The molecular formula is C25H29N3O6S2. The average Bonchev–Trinajstić information content (AvgIpc) is 2.79. The third-order valence-corrected chi connectivity index (χ3v) is 7.87. The number of methoxy groups -OCH3 is 1. The Morgan fingerprint density at radius 2 is 1.50 bits per heavy atom. The van der Waals surface area contributed by atoms with Crippen LogP contribution >= 0.6 is 0 Å². The van der Waals surface area contributed by atoms with E-state index in [0.717, 1.165) is 27.3 Å². The first-order valence-corrected chi connectivity index (χ1v) is 14.3. The van der Waals surface area contributed by atoms with Crippen molar-refractivity contribution in [2.45, 2.75) is 25.7 Å². The number of hydrogen-bond acceptors (Lipinski definition) is 6. The monoisotopic (exact) mass is 531 g/mol. The van der Waals surface area contributed by atoms with Crippen molar-refractivity contribution in [3.05, 3.63) is 77.4 Å². The maximum atomic E-state index is 12.8. The van der Waals surface area contributed by atoms with Gasteiger partial charge in [0.15, 0.2) is 0 Å². The highest BCUT2D eigenvalue weighted by molar-refractivity contribution is 7.92. The van der Waals surface area contributed by atoms with E-state index in [0.29, 0.717) is 17.1 Å². The Labute approximate surface area is 212 Å². The minimum atomic E-state index is -3.84. The molecule has 1 amide bonds. The molecule has 11 heteroatoms. The van der Waals surface area contributed by atoms with Gasteiger partial charge < -0.3 is 10.1 Å². The first-order chi connectivity index (χ1) is 16.8. The summed E-state index contributed by atoms with van der Waals surface area (Å²) in [7, 11) is -6.24. The van der Waals surface area contributed by atoms with Crippen LogP contribution in [-0.2, 0) is 24.8 Å². The molecule has 0 spiro atoms. The summed E-state index contributed by atoms with van der Waals surface area (Å²) in [4.78, 5) is 12.7. The third kappa shape index (κ3) is 6.55. The second kappa shape index (κ2) is 10.6. The number of sulfonamides is 2. The van der Waals surface area contributed by atoms with Crippen molar-refractivity contribution < 1.29 is 26.4 Å². The first-order valence-electron chi connectivity index (χ1n) is 10.9. The van der Waals surface area contributed by atoms with E-state index >= 15 is 0 Å². The number of hydrogen-bond donors (Lipinski definition) is 2. The molecule has 0 fully saturated rings. The number of carbonyl (C=O) groups is 1. The van der Waals surface area contributed by atoms with Crippen LogP contribution in [-0.4, -0.2) is 42.7 Å². The summed E-state index contributed by atoms with van der Waals surface area (Å²) in [6.07, 6.45) is 1.00. The second-order valence-corrected chi connectivity index (χ2v) is 12.0. The second-order valence-electron chi connectivity index (χ2n) is 8.44. The van der Waals surface area contributed by atoms with Crippen LogP contribution in [0.2, 0.25) is 0 Å². The summed E-state index contributed by atoms with van der Waals surface area (Å²) in [5, 5.41) is 2.61. The number of aryl methyl sites for hydroxylation is 3. The SMILES string of the molecule is COc1ccc(C)cc1N(CC(=O)Nc1ccc(S(=O)(=O)Nc2ccc(C)cc2C)cc1)S(C)(=O)=O. The molecule has 3 aromatic rings. The Morgan fingerprint density at radius 1 is 0.889 bits per heavy atom. The molecule has 0 saturated carbocycles. The van der Waals surface area contributed by atoms with E-state index in [4.69, 9.17) is 4.74 Å². The molecule has 0 radical (unpaired) electrons. The molecule has 0 heterocycles. The summed E-state index contributed by atoms with van der Waals surface area (Å²) in [5.41, 5.74) is 3.65. The number of amides is 1. The van der Waals surface area contributed by atoms with Crippen LogP contribution < -0.4 is 19.1 Å². The third-order valence-electron chi connectivity index (χ3n) is 5.37. The van der Waals surface area contributed by atoms with Crippen molar-refractivity contribution in [3.8, 4) is 5.75 Å². The molecule has 0 aliphatic carbocycles. The smallest absolute Gasteiger partial charge is 0.261 e. The summed E-state index contributed by atoms with van der Waals surface area (Å²) < 4.78 is 59.3. The predicted octanol–water partition coefficient (Wildman–Crippen LogP) is 3.83. The highest BCUT2D eigenvalue weighted by Gasteiger charge is 2.24. The molecule has 3 rings (SSSR count). The molecular weight excluding hydrogens is 502 g/mol. The van der Waals surface area contributed by atoms with Crippen molar-refractivity contribution in [2.75, 3.05) is 34.3 Å². The lowest BCUT2D eigenvalue weighted by Crippen LogP contribution is -2.37. The van der Waals surface area contributed by atoms with Crippen LogP contribution in [0.1, 0.15) is 16.7 Å². The Balaban J connectivity index is 1.76. The molecule has 0 aliphatic rings. The standard InChI is InChI=1S/C25H29N3O6S2/c1-17-6-12-22(19(3)14-17)27-36(32,33)21-10-8-20(9-11-21)26-25(29)16-28(35(5,30)31)23-15-18(2)7-13-24(23)34-4/h6-15,27H,16H2,1-5H3,(H,26,29). The van der Waals surface area contributed by atoms with E-state index in [9.17, 15) is 21.6 Å². The summed E-state index contributed by atoms with van der Waals surface area (Å²) in [6.45, 7) is 5.04. The van der Waals surface area contributed by atoms with E-state index in [1.54, 1.807) is 31.2 Å². The lowest BCUT2D eigenvalue weighted by Gasteiger charge is -2.24. The average molecular weight is 532 g/mol. The highest BCUT2D eigenvalue weighted by Crippen LogP contribution is 2.31. The van der Waals surface area contributed by atoms with Gasteiger partial charge in [0.25, 0.3) is 10.0 Å². The van der Waals surface area contributed by atoms with Gasteiger partial charge in [0, 0.05) is 5.69 Å². The van der Waals surface area contributed by atoms with Crippen LogP contribution in [0.25, 0.3) is 0 Å². The van der Waals surface area contributed by atoms with Gasteiger partial charge in [0.05, 0.1) is 29.6 Å². The van der Waals surface area contributed by atoms with Crippen molar-refractivity contribution in [1.29, 1.82) is 0 Å². The van der Waals surface area contributed by atoms with Gasteiger partial charge in [0.2, 0.25) is 15.9 Å². The molecule has 9 nitrogen and oxygen atoms in total. The lowest BCUT2D eigenvalue weighted by molar-refractivity contribution is -0.114. The summed E-state index contributed by atoms with van der Waals surface area (Å²) in [5.74, 6) is -0.294. The van der Waals surface area contributed by atoms with Gasteiger partial charge >= 0.3 is 0 Å². The maximum absolute atomic E-state index is 12.8. The Bertz CT molecular complexity index is 1480. The fraction of sp³-hybridized carbons (Fsp3) is 0.240. The largest absolute Gasteiger partial charge is 0.495 e. The number of anilines is 3. The summed E-state index contributed by atoms with van der Waals surface area (Å²) >= 11 is 0. The van der Waals surface area contributed by atoms with Gasteiger partial charge in [-0.15, -0.1) is 0 Å². The topological polar surface area (TPSA) is 122 Å². The quantitative estimate of drug-likeness (QED) is 0.433. The Morgan fingerprint density at radius 3 is 2.08 bits per heavy atom. The van der Waals surface area contributed by atoms with E-state index in [1.807, 2.05) is 26.0 Å². The van der Waals surface area contributed by atoms with Crippen molar-refractivity contribution in [2.24, 2.45) is 0 Å². The van der Waals surface area contributed by atoms with Gasteiger partial charge in [-0.2, -0.15) is 0 Å². The van der Waals surface area contributed by atoms with E-state index in [2.05, 4.69) is 10.0 Å². The molecule has 0 bridgehead atoms. The minimum Gasteiger partial charge on any atom is -0.495 e. The van der Waals surface area contributed by atoms with E-state index < -0.39 is 32.5 Å². The number of nitrogens with zero attached hydrogens (tertiary/aromatic N) is 1. The van der Waals surface area contributed by atoms with Crippen molar-refractivity contribution in [1.82, 2.24) is 0 Å². The number of rotatable bonds is 9. The number of carbonyl (C=O) groups excluding carboxylic acids is 1. The van der Waals surface area contributed by atoms with Gasteiger partial charge in [-0.3, -0.25) is 13.8 Å². The molecule has 2 N–H and O–H groups in total. The zero-order valence-corrected chi connectivity index (χ0v) is 22.3. The van der Waals surface area contributed by atoms with E-state index in [-0.39, 0.29) is 10.6 Å². The lowest BCUT2D eigenvalue weighted by atomic mass is 10.1. The molecule has 0 saturated heterocycles. The van der Waals surface area contributed by atoms with Gasteiger partial charge in [-0.05, 0) is 74.4 Å².